The molecule has 0 spiro atoms. The number of morpholine rings is 1. The summed E-state index contributed by atoms with van der Waals surface area (Å²) in [4.78, 5) is 19.0. The van der Waals surface area contributed by atoms with Crippen LogP contribution < -0.4 is 0 Å². The summed E-state index contributed by atoms with van der Waals surface area (Å²) in [5.41, 5.74) is 0. The van der Waals surface area contributed by atoms with Crippen molar-refractivity contribution in [3.63, 3.8) is 0 Å². The first-order chi connectivity index (χ1) is 9.09. The Balaban J connectivity index is 1.83. The number of nitrogens with zero attached hydrogens (tertiary/aromatic N) is 3. The second-order valence-corrected chi connectivity index (χ2v) is 5.84. The summed E-state index contributed by atoms with van der Waals surface area (Å²) >= 11 is 0. The van der Waals surface area contributed by atoms with Gasteiger partial charge in [-0.2, -0.15) is 0 Å². The summed E-state index contributed by atoms with van der Waals surface area (Å²) in [6.45, 7) is 6.96. The number of carbonyl (C=O) groups excluding carboxylic acids is 1. The predicted octanol–water partition coefficient (Wildman–Crippen LogP) is 0.260. The maximum absolute atomic E-state index is 12.4. The molecule has 2 saturated heterocycles. The topological polar surface area (TPSA) is 36.0 Å². The smallest absolute Gasteiger partial charge is 0.239 e. The van der Waals surface area contributed by atoms with Gasteiger partial charge in [0, 0.05) is 32.2 Å². The van der Waals surface area contributed by atoms with Crippen molar-refractivity contribution in [1.29, 1.82) is 0 Å². The molecule has 1 amide bonds. The number of hydrogen-bond acceptors (Lipinski definition) is 4. The minimum Gasteiger partial charge on any atom is -0.378 e. The van der Waals surface area contributed by atoms with Crippen molar-refractivity contribution in [3.05, 3.63) is 0 Å². The summed E-state index contributed by atoms with van der Waals surface area (Å²) in [6.07, 6.45) is 2.32. The molecule has 0 N–H and O–H groups in total. The molecule has 2 fully saturated rings. The fourth-order valence-corrected chi connectivity index (χ4v) is 2.99. The monoisotopic (exact) mass is 269 g/mol. The Morgan fingerprint density at radius 1 is 1.16 bits per heavy atom. The number of hydrogen-bond donors (Lipinski definition) is 0. The van der Waals surface area contributed by atoms with Crippen LogP contribution >= 0.6 is 0 Å². The summed E-state index contributed by atoms with van der Waals surface area (Å²) in [5, 5.41) is 0. The van der Waals surface area contributed by atoms with Gasteiger partial charge in [-0.15, -0.1) is 0 Å². The van der Waals surface area contributed by atoms with Crippen molar-refractivity contribution in [1.82, 2.24) is 14.7 Å². The molecule has 0 bridgehead atoms. The van der Waals surface area contributed by atoms with E-state index in [1.165, 1.54) is 0 Å². The van der Waals surface area contributed by atoms with Gasteiger partial charge in [0.1, 0.15) is 0 Å². The number of piperidine rings is 1. The van der Waals surface area contributed by atoms with Crippen LogP contribution in [-0.2, 0) is 9.53 Å². The predicted molar refractivity (Wildman–Crippen MR) is 75.1 cm³/mol. The Hall–Kier alpha value is -0.650. The van der Waals surface area contributed by atoms with E-state index in [1.807, 2.05) is 11.8 Å². The molecule has 2 aliphatic heterocycles. The highest BCUT2D eigenvalue weighted by atomic mass is 16.5. The molecule has 2 aliphatic rings. The molecule has 5 heteroatoms. The molecule has 0 aromatic rings. The molecule has 1 unspecified atom stereocenters. The van der Waals surface area contributed by atoms with E-state index in [-0.39, 0.29) is 11.9 Å². The van der Waals surface area contributed by atoms with Crippen LogP contribution in [0.5, 0.6) is 0 Å². The third kappa shape index (κ3) is 3.68. The molecule has 0 radical (unpaired) electrons. The van der Waals surface area contributed by atoms with E-state index in [0.29, 0.717) is 19.3 Å². The molecule has 0 aromatic heterocycles. The maximum Gasteiger partial charge on any atom is 0.239 e. The van der Waals surface area contributed by atoms with E-state index in [2.05, 4.69) is 23.9 Å². The Labute approximate surface area is 116 Å². The van der Waals surface area contributed by atoms with Gasteiger partial charge in [0.25, 0.3) is 0 Å². The number of ether oxygens (including phenoxy) is 1. The van der Waals surface area contributed by atoms with Gasteiger partial charge in [0.15, 0.2) is 0 Å². The van der Waals surface area contributed by atoms with E-state index in [1.54, 1.807) is 0 Å². The molecule has 110 valence electrons. The number of likely N-dealkylation sites (tertiary alicyclic amines) is 1. The highest BCUT2D eigenvalue weighted by Gasteiger charge is 2.30. The normalized spacial score (nSPS) is 24.7. The quantitative estimate of drug-likeness (QED) is 0.736. The third-order valence-electron chi connectivity index (χ3n) is 4.46. The lowest BCUT2D eigenvalue weighted by Gasteiger charge is -2.39. The maximum atomic E-state index is 12.4. The van der Waals surface area contributed by atoms with E-state index >= 15 is 0 Å². The summed E-state index contributed by atoms with van der Waals surface area (Å²) in [6, 6.07) is 0.683. The Morgan fingerprint density at radius 3 is 2.26 bits per heavy atom. The van der Waals surface area contributed by atoms with Crippen molar-refractivity contribution in [2.45, 2.75) is 31.8 Å². The lowest BCUT2D eigenvalue weighted by molar-refractivity contribution is -0.141. The van der Waals surface area contributed by atoms with Crippen molar-refractivity contribution in [2.75, 3.05) is 53.5 Å². The van der Waals surface area contributed by atoms with Crippen molar-refractivity contribution in [3.8, 4) is 0 Å². The van der Waals surface area contributed by atoms with Crippen LogP contribution in [-0.4, -0.2) is 86.2 Å². The first-order valence-corrected chi connectivity index (χ1v) is 7.36. The molecular formula is C14H27N3O2. The second-order valence-electron chi connectivity index (χ2n) is 5.84. The van der Waals surface area contributed by atoms with Gasteiger partial charge in [-0.25, -0.2) is 0 Å². The van der Waals surface area contributed by atoms with Gasteiger partial charge < -0.3 is 14.5 Å². The summed E-state index contributed by atoms with van der Waals surface area (Å²) in [7, 11) is 4.28. The van der Waals surface area contributed by atoms with Crippen LogP contribution in [0.1, 0.15) is 19.8 Å². The molecule has 5 nitrogen and oxygen atoms in total. The summed E-state index contributed by atoms with van der Waals surface area (Å²) in [5.74, 6) is 0.270. The Kier molecular flexibility index (Phi) is 5.19. The molecule has 2 heterocycles. The van der Waals surface area contributed by atoms with Gasteiger partial charge >= 0.3 is 0 Å². The van der Waals surface area contributed by atoms with E-state index < -0.39 is 0 Å². The average molecular weight is 269 g/mol. The van der Waals surface area contributed by atoms with Crippen LogP contribution in [0.25, 0.3) is 0 Å². The van der Waals surface area contributed by atoms with Crippen LogP contribution in [0.3, 0.4) is 0 Å². The van der Waals surface area contributed by atoms with Crippen molar-refractivity contribution < 1.29 is 9.53 Å². The fourth-order valence-electron chi connectivity index (χ4n) is 2.99. The zero-order chi connectivity index (χ0) is 13.8. The molecule has 1 atom stereocenters. The molecule has 19 heavy (non-hydrogen) atoms. The van der Waals surface area contributed by atoms with Gasteiger partial charge in [-0.05, 0) is 33.9 Å². The zero-order valence-electron chi connectivity index (χ0n) is 12.5. The van der Waals surface area contributed by atoms with Crippen LogP contribution in [0.2, 0.25) is 0 Å². The highest BCUT2D eigenvalue weighted by molar-refractivity contribution is 5.81. The van der Waals surface area contributed by atoms with Gasteiger partial charge in [-0.1, -0.05) is 0 Å². The standard InChI is InChI=1S/C14H27N3O2/c1-12(14(18)17-8-10-19-11-9-17)16-6-4-13(5-7-16)15(2)3/h12-13H,4-11H2,1-3H3. The first kappa shape index (κ1) is 14.8. The molecule has 0 aliphatic carbocycles. The summed E-state index contributed by atoms with van der Waals surface area (Å²) < 4.78 is 5.30. The Morgan fingerprint density at radius 2 is 1.74 bits per heavy atom. The van der Waals surface area contributed by atoms with E-state index in [0.717, 1.165) is 39.0 Å². The van der Waals surface area contributed by atoms with Crippen molar-refractivity contribution in [2.24, 2.45) is 0 Å². The lowest BCUT2D eigenvalue weighted by atomic mass is 10.0. The number of amides is 1. The molecule has 0 aromatic carbocycles. The first-order valence-electron chi connectivity index (χ1n) is 7.36. The van der Waals surface area contributed by atoms with Gasteiger partial charge in [0.05, 0.1) is 19.3 Å². The molecule has 2 rings (SSSR count). The van der Waals surface area contributed by atoms with Gasteiger partial charge in [-0.3, -0.25) is 9.69 Å². The molecular weight excluding hydrogens is 242 g/mol. The highest BCUT2D eigenvalue weighted by Crippen LogP contribution is 2.17. The fraction of sp³-hybridized carbons (Fsp3) is 0.929. The average Bonchev–Trinajstić information content (AvgIpc) is 2.46. The second kappa shape index (κ2) is 6.68. The van der Waals surface area contributed by atoms with E-state index in [9.17, 15) is 4.79 Å². The minimum atomic E-state index is 0.0150. The van der Waals surface area contributed by atoms with E-state index in [4.69, 9.17) is 4.74 Å². The third-order valence-corrected chi connectivity index (χ3v) is 4.46. The largest absolute Gasteiger partial charge is 0.378 e. The van der Waals surface area contributed by atoms with Gasteiger partial charge in [0.2, 0.25) is 5.91 Å². The Bertz CT molecular complexity index is 295. The zero-order valence-corrected chi connectivity index (χ0v) is 12.5. The van der Waals surface area contributed by atoms with Crippen LogP contribution in [0, 0.1) is 0 Å². The van der Waals surface area contributed by atoms with Crippen LogP contribution in [0.4, 0.5) is 0 Å². The molecule has 0 saturated carbocycles. The van der Waals surface area contributed by atoms with Crippen molar-refractivity contribution >= 4 is 5.91 Å². The number of rotatable bonds is 3. The van der Waals surface area contributed by atoms with Crippen LogP contribution in [0.15, 0.2) is 0 Å². The SMILES string of the molecule is CC(C(=O)N1CCOCC1)N1CCC(N(C)C)CC1. The lowest BCUT2D eigenvalue weighted by Crippen LogP contribution is -2.53. The number of carbonyl (C=O) groups is 1. The minimum absolute atomic E-state index is 0.0150.